The lowest BCUT2D eigenvalue weighted by Crippen LogP contribution is -2.60. The average Bonchev–Trinajstić information content (AvgIpc) is 3.21. The summed E-state index contributed by atoms with van der Waals surface area (Å²) in [5.41, 5.74) is 0. The van der Waals surface area contributed by atoms with Gasteiger partial charge in [0, 0.05) is 6.42 Å². The van der Waals surface area contributed by atoms with E-state index in [1.54, 1.807) is 0 Å². The standard InChI is InChI=1S/C48H95NO8/c1-3-5-7-9-11-13-15-17-18-19-20-21-22-23-24-26-28-30-32-34-36-38-44(52)49-41(40-56-48-47(55)46(54)45(53)43(39-50)57-48)42(51)37-35-33-31-29-27-25-16-14-12-10-8-6-4-2/h41-43,45-48,50-51,53-55H,3-40H2,1-2H3,(H,49,52)/t41-,42+,43+,45+,46?,47?,48+/m0/s1. The first-order chi connectivity index (χ1) is 27.8. The molecule has 1 saturated heterocycles. The highest BCUT2D eigenvalue weighted by Crippen LogP contribution is 2.23. The molecular formula is C48H95NO8. The van der Waals surface area contributed by atoms with Gasteiger partial charge >= 0.3 is 0 Å². The maximum atomic E-state index is 13.0. The minimum atomic E-state index is -1.55. The molecule has 9 nitrogen and oxygen atoms in total. The van der Waals surface area contributed by atoms with Crippen LogP contribution in [0, 0.1) is 0 Å². The van der Waals surface area contributed by atoms with Crippen LogP contribution in [-0.4, -0.2) is 87.5 Å². The van der Waals surface area contributed by atoms with E-state index in [1.165, 1.54) is 180 Å². The first-order valence-corrected chi connectivity index (χ1v) is 24.7. The van der Waals surface area contributed by atoms with Crippen molar-refractivity contribution in [1.82, 2.24) is 5.32 Å². The molecule has 1 heterocycles. The monoisotopic (exact) mass is 814 g/mol. The number of carbonyl (C=O) groups excluding carboxylic acids is 1. The van der Waals surface area contributed by atoms with Crippen molar-refractivity contribution in [1.29, 1.82) is 0 Å². The lowest BCUT2D eigenvalue weighted by molar-refractivity contribution is -0.302. The maximum absolute atomic E-state index is 13.0. The fourth-order valence-electron chi connectivity index (χ4n) is 8.22. The van der Waals surface area contributed by atoms with Crippen LogP contribution >= 0.6 is 0 Å². The van der Waals surface area contributed by atoms with Gasteiger partial charge in [0.05, 0.1) is 25.4 Å². The van der Waals surface area contributed by atoms with Crippen LogP contribution in [0.2, 0.25) is 0 Å². The molecule has 340 valence electrons. The summed E-state index contributed by atoms with van der Waals surface area (Å²) < 4.78 is 11.3. The minimum absolute atomic E-state index is 0.132. The molecule has 1 fully saturated rings. The highest BCUT2D eigenvalue weighted by Gasteiger charge is 2.44. The lowest BCUT2D eigenvalue weighted by Gasteiger charge is -2.40. The average molecular weight is 814 g/mol. The van der Waals surface area contributed by atoms with Gasteiger partial charge in [-0.05, 0) is 12.8 Å². The molecule has 9 heteroatoms. The number of aliphatic hydroxyl groups is 5. The van der Waals surface area contributed by atoms with Gasteiger partial charge in [-0.15, -0.1) is 0 Å². The number of aliphatic hydroxyl groups excluding tert-OH is 5. The molecule has 0 spiro atoms. The third-order valence-electron chi connectivity index (χ3n) is 12.2. The Kier molecular flexibility index (Phi) is 37.4. The van der Waals surface area contributed by atoms with Crippen LogP contribution in [0.15, 0.2) is 0 Å². The zero-order valence-corrected chi connectivity index (χ0v) is 37.4. The van der Waals surface area contributed by atoms with E-state index in [-0.39, 0.29) is 12.5 Å². The molecule has 1 rings (SSSR count). The second-order valence-corrected chi connectivity index (χ2v) is 17.6. The van der Waals surface area contributed by atoms with E-state index in [9.17, 15) is 30.3 Å². The summed E-state index contributed by atoms with van der Waals surface area (Å²) in [6.07, 6.45) is 36.8. The van der Waals surface area contributed by atoms with Gasteiger partial charge in [-0.3, -0.25) is 4.79 Å². The Morgan fingerprint density at radius 1 is 0.526 bits per heavy atom. The second kappa shape index (κ2) is 39.3. The van der Waals surface area contributed by atoms with Crippen LogP contribution in [0.5, 0.6) is 0 Å². The second-order valence-electron chi connectivity index (χ2n) is 17.6. The molecule has 0 radical (unpaired) electrons. The zero-order valence-electron chi connectivity index (χ0n) is 37.4. The lowest BCUT2D eigenvalue weighted by atomic mass is 9.99. The predicted octanol–water partition coefficient (Wildman–Crippen LogP) is 10.7. The topological polar surface area (TPSA) is 149 Å². The van der Waals surface area contributed by atoms with E-state index in [0.717, 1.165) is 38.5 Å². The largest absolute Gasteiger partial charge is 0.394 e. The van der Waals surface area contributed by atoms with Crippen LogP contribution < -0.4 is 5.32 Å². The van der Waals surface area contributed by atoms with Gasteiger partial charge in [0.25, 0.3) is 0 Å². The maximum Gasteiger partial charge on any atom is 0.220 e. The smallest absolute Gasteiger partial charge is 0.220 e. The molecule has 1 amide bonds. The van der Waals surface area contributed by atoms with Crippen molar-refractivity contribution < 1.29 is 39.8 Å². The summed E-state index contributed by atoms with van der Waals surface area (Å²) >= 11 is 0. The Bertz CT molecular complexity index is 862. The number of nitrogens with one attached hydrogen (secondary N) is 1. The number of rotatable bonds is 42. The number of amides is 1. The van der Waals surface area contributed by atoms with Gasteiger partial charge in [-0.2, -0.15) is 0 Å². The number of hydrogen-bond donors (Lipinski definition) is 6. The van der Waals surface area contributed by atoms with E-state index in [0.29, 0.717) is 12.8 Å². The van der Waals surface area contributed by atoms with Crippen molar-refractivity contribution >= 4 is 5.91 Å². The molecule has 0 bridgehead atoms. The van der Waals surface area contributed by atoms with Crippen molar-refractivity contribution in [3.63, 3.8) is 0 Å². The molecule has 0 aromatic carbocycles. The van der Waals surface area contributed by atoms with E-state index >= 15 is 0 Å². The van der Waals surface area contributed by atoms with Gasteiger partial charge in [0.1, 0.15) is 24.4 Å². The van der Waals surface area contributed by atoms with Crippen LogP contribution in [0.3, 0.4) is 0 Å². The predicted molar refractivity (Wildman–Crippen MR) is 235 cm³/mol. The van der Waals surface area contributed by atoms with Crippen molar-refractivity contribution in [2.24, 2.45) is 0 Å². The van der Waals surface area contributed by atoms with Crippen LogP contribution in [0.25, 0.3) is 0 Å². The summed E-state index contributed by atoms with van der Waals surface area (Å²) in [6, 6.07) is -0.711. The highest BCUT2D eigenvalue weighted by molar-refractivity contribution is 5.76. The molecular weight excluding hydrogens is 719 g/mol. The summed E-state index contributed by atoms with van der Waals surface area (Å²) in [5, 5.41) is 54.4. The normalized spacial score (nSPS) is 20.9. The third-order valence-corrected chi connectivity index (χ3v) is 12.2. The molecule has 7 atom stereocenters. The Morgan fingerprint density at radius 2 is 0.877 bits per heavy atom. The van der Waals surface area contributed by atoms with Crippen molar-refractivity contribution in [2.45, 2.75) is 288 Å². The summed E-state index contributed by atoms with van der Waals surface area (Å²) in [6.45, 7) is 3.85. The third kappa shape index (κ3) is 30.0. The molecule has 0 aromatic heterocycles. The Morgan fingerprint density at radius 3 is 1.25 bits per heavy atom. The molecule has 0 aliphatic carbocycles. The van der Waals surface area contributed by atoms with E-state index in [1.807, 2.05) is 0 Å². The Labute approximate surface area is 351 Å². The Balaban J connectivity index is 2.24. The first-order valence-electron chi connectivity index (χ1n) is 24.7. The molecule has 6 N–H and O–H groups in total. The van der Waals surface area contributed by atoms with Crippen molar-refractivity contribution in [2.75, 3.05) is 13.2 Å². The Hall–Kier alpha value is -0.810. The molecule has 0 aromatic rings. The van der Waals surface area contributed by atoms with Crippen LogP contribution in [0.4, 0.5) is 0 Å². The molecule has 1 aliphatic heterocycles. The molecule has 57 heavy (non-hydrogen) atoms. The zero-order chi connectivity index (χ0) is 41.6. The summed E-state index contributed by atoms with van der Waals surface area (Å²) in [7, 11) is 0. The molecule has 0 saturated carbocycles. The number of carbonyl (C=O) groups is 1. The fourth-order valence-corrected chi connectivity index (χ4v) is 8.22. The van der Waals surface area contributed by atoms with Crippen molar-refractivity contribution in [3.05, 3.63) is 0 Å². The summed E-state index contributed by atoms with van der Waals surface area (Å²) in [5.74, 6) is -0.139. The molecule has 2 unspecified atom stereocenters. The van der Waals surface area contributed by atoms with Crippen molar-refractivity contribution in [3.8, 4) is 0 Å². The van der Waals surface area contributed by atoms with Gasteiger partial charge < -0.3 is 40.3 Å². The number of ether oxygens (including phenoxy) is 2. The van der Waals surface area contributed by atoms with Gasteiger partial charge in [0.15, 0.2) is 6.29 Å². The van der Waals surface area contributed by atoms with Gasteiger partial charge in [0.2, 0.25) is 5.91 Å². The number of unbranched alkanes of at least 4 members (excludes halogenated alkanes) is 32. The number of hydrogen-bond acceptors (Lipinski definition) is 8. The molecule has 1 aliphatic rings. The van der Waals surface area contributed by atoms with Gasteiger partial charge in [-0.1, -0.05) is 226 Å². The quantitative estimate of drug-likeness (QED) is 0.0334. The summed E-state index contributed by atoms with van der Waals surface area (Å²) in [4.78, 5) is 13.0. The van der Waals surface area contributed by atoms with E-state index in [4.69, 9.17) is 9.47 Å². The first kappa shape index (κ1) is 54.2. The van der Waals surface area contributed by atoms with E-state index in [2.05, 4.69) is 19.2 Å². The van der Waals surface area contributed by atoms with Gasteiger partial charge in [-0.25, -0.2) is 0 Å². The fraction of sp³-hybridized carbons (Fsp3) is 0.979. The van der Waals surface area contributed by atoms with E-state index < -0.39 is 49.5 Å². The minimum Gasteiger partial charge on any atom is -0.394 e. The van der Waals surface area contributed by atoms with Crippen LogP contribution in [0.1, 0.15) is 245 Å². The van der Waals surface area contributed by atoms with Crippen LogP contribution in [-0.2, 0) is 14.3 Å². The highest BCUT2D eigenvalue weighted by atomic mass is 16.7. The SMILES string of the molecule is CCCCCCCCCCCCCCCCCCCCCCCC(=O)N[C@@H](CO[C@@H]1O[C@H](CO)[C@@H](O)C(O)C1O)[C@H](O)CCCCCCCCCCCCCCC.